The first-order valence-electron chi connectivity index (χ1n) is 7.67. The lowest BCUT2D eigenvalue weighted by Gasteiger charge is -2.13. The third kappa shape index (κ3) is 3.51. The Bertz CT molecular complexity index is 548. The van der Waals surface area contributed by atoms with Gasteiger partial charge in [-0.3, -0.25) is 0 Å². The molecule has 0 radical (unpaired) electrons. The molecule has 0 saturated heterocycles. The summed E-state index contributed by atoms with van der Waals surface area (Å²) >= 11 is 0. The van der Waals surface area contributed by atoms with Crippen molar-refractivity contribution >= 4 is 9.84 Å². The minimum atomic E-state index is -3.29. The molecule has 2 nitrogen and oxygen atoms in total. The van der Waals surface area contributed by atoms with Gasteiger partial charge >= 0.3 is 0 Å². The molecule has 1 aromatic carbocycles. The smallest absolute Gasteiger partial charge is 0.202 e. The van der Waals surface area contributed by atoms with E-state index in [1.807, 2.05) is 6.07 Å². The van der Waals surface area contributed by atoms with Crippen LogP contribution in [0.5, 0.6) is 0 Å². The zero-order chi connectivity index (χ0) is 14.4. The minimum absolute atomic E-state index is 0.450. The van der Waals surface area contributed by atoms with Crippen LogP contribution in [0.3, 0.4) is 0 Å². The maximum atomic E-state index is 12.9. The predicted molar refractivity (Wildman–Crippen MR) is 83.3 cm³/mol. The highest BCUT2D eigenvalue weighted by atomic mass is 32.2. The Labute approximate surface area is 122 Å². The standard InChI is InChI=1S/C17H24O2S/c1-2-3-5-14-17(15-10-8-9-11-15)20(18,19)16-12-6-4-7-13-16/h4,6-7,12-13H,2-3,5,8-11,14H2,1H3. The largest absolute Gasteiger partial charge is 0.219 e. The van der Waals surface area contributed by atoms with Crippen LogP contribution >= 0.6 is 0 Å². The molecular formula is C17H24O2S. The maximum Gasteiger partial charge on any atom is 0.202 e. The summed E-state index contributed by atoms with van der Waals surface area (Å²) in [4.78, 5) is 1.17. The van der Waals surface area contributed by atoms with E-state index in [0.29, 0.717) is 11.3 Å². The van der Waals surface area contributed by atoms with E-state index < -0.39 is 9.84 Å². The minimum Gasteiger partial charge on any atom is -0.219 e. The molecule has 1 saturated carbocycles. The molecule has 2 rings (SSSR count). The highest BCUT2D eigenvalue weighted by molar-refractivity contribution is 7.95. The molecule has 1 fully saturated rings. The van der Waals surface area contributed by atoms with E-state index in [9.17, 15) is 8.42 Å². The quantitative estimate of drug-likeness (QED) is 0.701. The van der Waals surface area contributed by atoms with Gasteiger partial charge in [0, 0.05) is 4.91 Å². The Kier molecular flexibility index (Phi) is 5.41. The van der Waals surface area contributed by atoms with E-state index >= 15 is 0 Å². The van der Waals surface area contributed by atoms with Gasteiger partial charge in [0.15, 0.2) is 0 Å². The molecule has 110 valence electrons. The van der Waals surface area contributed by atoms with Crippen LogP contribution in [0.4, 0.5) is 0 Å². The van der Waals surface area contributed by atoms with E-state index in [1.165, 1.54) is 5.57 Å². The van der Waals surface area contributed by atoms with E-state index in [4.69, 9.17) is 0 Å². The highest BCUT2D eigenvalue weighted by Crippen LogP contribution is 2.34. The summed E-state index contributed by atoms with van der Waals surface area (Å²) in [6, 6.07) is 8.89. The van der Waals surface area contributed by atoms with Gasteiger partial charge in [0.25, 0.3) is 0 Å². The van der Waals surface area contributed by atoms with Crippen LogP contribution in [0.25, 0.3) is 0 Å². The summed E-state index contributed by atoms with van der Waals surface area (Å²) in [6.45, 7) is 2.15. The molecule has 3 heteroatoms. The number of hydrogen-bond acceptors (Lipinski definition) is 2. The fourth-order valence-electron chi connectivity index (χ4n) is 2.86. The summed E-state index contributed by atoms with van der Waals surface area (Å²) in [7, 11) is -3.29. The fourth-order valence-corrected chi connectivity index (χ4v) is 4.66. The zero-order valence-electron chi connectivity index (χ0n) is 12.3. The van der Waals surface area contributed by atoms with Crippen molar-refractivity contribution in [2.45, 2.75) is 63.2 Å². The highest BCUT2D eigenvalue weighted by Gasteiger charge is 2.25. The van der Waals surface area contributed by atoms with Gasteiger partial charge in [-0.2, -0.15) is 0 Å². The first kappa shape index (κ1) is 15.3. The summed E-state index contributed by atoms with van der Waals surface area (Å²) < 4.78 is 25.7. The van der Waals surface area contributed by atoms with Crippen LogP contribution in [0.15, 0.2) is 45.7 Å². The van der Waals surface area contributed by atoms with Crippen molar-refractivity contribution in [3.8, 4) is 0 Å². The Morgan fingerprint density at radius 2 is 1.70 bits per heavy atom. The van der Waals surface area contributed by atoms with Crippen molar-refractivity contribution in [1.82, 2.24) is 0 Å². The fraction of sp³-hybridized carbons (Fsp3) is 0.529. The monoisotopic (exact) mass is 292 g/mol. The van der Waals surface area contributed by atoms with Gasteiger partial charge in [-0.05, 0) is 50.7 Å². The van der Waals surface area contributed by atoms with Crippen LogP contribution < -0.4 is 0 Å². The lowest BCUT2D eigenvalue weighted by Crippen LogP contribution is -2.07. The average molecular weight is 292 g/mol. The summed E-state index contributed by atoms with van der Waals surface area (Å²) in [6.07, 6.45) is 8.10. The Morgan fingerprint density at radius 3 is 2.30 bits per heavy atom. The van der Waals surface area contributed by atoms with Crippen LogP contribution in [-0.2, 0) is 9.84 Å². The van der Waals surface area contributed by atoms with Crippen molar-refractivity contribution in [2.24, 2.45) is 0 Å². The zero-order valence-corrected chi connectivity index (χ0v) is 13.1. The molecule has 20 heavy (non-hydrogen) atoms. The van der Waals surface area contributed by atoms with Gasteiger partial charge in [-0.15, -0.1) is 0 Å². The molecule has 0 aromatic heterocycles. The van der Waals surface area contributed by atoms with E-state index in [2.05, 4.69) is 6.92 Å². The van der Waals surface area contributed by atoms with Crippen molar-refractivity contribution in [3.63, 3.8) is 0 Å². The van der Waals surface area contributed by atoms with Crippen molar-refractivity contribution in [3.05, 3.63) is 40.8 Å². The van der Waals surface area contributed by atoms with Crippen molar-refractivity contribution < 1.29 is 8.42 Å². The third-order valence-corrected chi connectivity index (χ3v) is 6.02. The van der Waals surface area contributed by atoms with Crippen LogP contribution in [0, 0.1) is 0 Å². The van der Waals surface area contributed by atoms with Gasteiger partial charge in [-0.1, -0.05) is 43.5 Å². The second-order valence-corrected chi connectivity index (χ2v) is 7.48. The summed E-state index contributed by atoms with van der Waals surface area (Å²) in [5.41, 5.74) is 1.19. The third-order valence-electron chi connectivity index (χ3n) is 3.99. The van der Waals surface area contributed by atoms with E-state index in [0.717, 1.165) is 49.9 Å². The molecule has 0 aliphatic heterocycles. The van der Waals surface area contributed by atoms with Gasteiger partial charge in [-0.25, -0.2) is 8.42 Å². The number of allylic oxidation sites excluding steroid dienone is 2. The molecular weight excluding hydrogens is 268 g/mol. The molecule has 0 N–H and O–H groups in total. The van der Waals surface area contributed by atoms with Gasteiger partial charge in [0.2, 0.25) is 9.84 Å². The number of unbranched alkanes of at least 4 members (excludes halogenated alkanes) is 2. The Hall–Kier alpha value is -1.09. The molecule has 0 unspecified atom stereocenters. The molecule has 1 aromatic rings. The number of rotatable bonds is 6. The molecule has 0 amide bonds. The molecule has 0 bridgehead atoms. The Balaban J connectivity index is 2.33. The van der Waals surface area contributed by atoms with E-state index in [1.54, 1.807) is 24.3 Å². The molecule has 0 spiro atoms. The molecule has 1 aliphatic rings. The molecule has 1 aliphatic carbocycles. The van der Waals surface area contributed by atoms with Crippen molar-refractivity contribution in [1.29, 1.82) is 0 Å². The first-order chi connectivity index (χ1) is 9.66. The number of benzene rings is 1. The predicted octanol–water partition coefficient (Wildman–Crippen LogP) is 4.87. The summed E-state index contributed by atoms with van der Waals surface area (Å²) in [5.74, 6) is 0. The Morgan fingerprint density at radius 1 is 1.05 bits per heavy atom. The van der Waals surface area contributed by atoms with Crippen LogP contribution in [0.1, 0.15) is 58.3 Å². The van der Waals surface area contributed by atoms with Gasteiger partial charge in [0.05, 0.1) is 4.90 Å². The second kappa shape index (κ2) is 7.07. The molecule has 0 atom stereocenters. The van der Waals surface area contributed by atoms with E-state index in [-0.39, 0.29) is 0 Å². The van der Waals surface area contributed by atoms with Crippen LogP contribution in [-0.4, -0.2) is 8.42 Å². The van der Waals surface area contributed by atoms with Gasteiger partial charge < -0.3 is 0 Å². The van der Waals surface area contributed by atoms with Crippen molar-refractivity contribution in [2.75, 3.05) is 0 Å². The topological polar surface area (TPSA) is 34.1 Å². The first-order valence-corrected chi connectivity index (χ1v) is 9.15. The molecule has 0 heterocycles. The number of sulfone groups is 1. The summed E-state index contributed by atoms with van der Waals surface area (Å²) in [5, 5.41) is 0. The average Bonchev–Trinajstić information content (AvgIpc) is 2.98. The lowest BCUT2D eigenvalue weighted by atomic mass is 10.1. The lowest BCUT2D eigenvalue weighted by molar-refractivity contribution is 0.596. The van der Waals surface area contributed by atoms with Crippen LogP contribution in [0.2, 0.25) is 0 Å². The normalized spacial score (nSPS) is 15.6. The maximum absolute atomic E-state index is 12.9. The number of hydrogen-bond donors (Lipinski definition) is 0. The SMILES string of the molecule is CCCCCC(=C1CCCC1)S(=O)(=O)c1ccccc1. The van der Waals surface area contributed by atoms with Gasteiger partial charge in [0.1, 0.15) is 0 Å². The second-order valence-electron chi connectivity index (χ2n) is 5.51.